The molecule has 1 amide bonds. The topological polar surface area (TPSA) is 70.2 Å². The molecule has 0 spiro atoms. The van der Waals surface area contributed by atoms with Crippen molar-refractivity contribution in [2.24, 2.45) is 0 Å². The second kappa shape index (κ2) is 5.10. The van der Waals surface area contributed by atoms with Crippen LogP contribution in [0.4, 0.5) is 5.69 Å². The van der Waals surface area contributed by atoms with Crippen molar-refractivity contribution < 1.29 is 4.79 Å². The first-order chi connectivity index (χ1) is 10.2. The maximum atomic E-state index is 12.4. The summed E-state index contributed by atoms with van der Waals surface area (Å²) in [5.41, 5.74) is 3.24. The van der Waals surface area contributed by atoms with Crippen molar-refractivity contribution in [2.75, 3.05) is 5.32 Å². The van der Waals surface area contributed by atoms with Gasteiger partial charge in [0.1, 0.15) is 0 Å². The first-order valence-corrected chi connectivity index (χ1v) is 6.43. The highest BCUT2D eigenvalue weighted by molar-refractivity contribution is 6.07. The van der Waals surface area contributed by atoms with Crippen molar-refractivity contribution in [3.05, 3.63) is 65.5 Å². The number of nitrogens with one attached hydrogen (secondary N) is 1. The summed E-state index contributed by atoms with van der Waals surface area (Å²) in [4.78, 5) is 12.4. The van der Waals surface area contributed by atoms with E-state index in [-0.39, 0.29) is 5.91 Å². The summed E-state index contributed by atoms with van der Waals surface area (Å²) >= 11 is 0. The van der Waals surface area contributed by atoms with Gasteiger partial charge < -0.3 is 5.32 Å². The zero-order valence-electron chi connectivity index (χ0n) is 11.4. The minimum atomic E-state index is -0.247. The Kier molecular flexibility index (Phi) is 3.13. The molecule has 3 aromatic rings. The lowest BCUT2D eigenvalue weighted by Gasteiger charge is -2.07. The van der Waals surface area contributed by atoms with Gasteiger partial charge in [-0.1, -0.05) is 12.1 Å². The summed E-state index contributed by atoms with van der Waals surface area (Å²) in [5, 5.41) is 16.0. The summed E-state index contributed by atoms with van der Waals surface area (Å²) in [6, 6.07) is 12.7. The molecule has 0 aliphatic rings. The van der Waals surface area contributed by atoms with E-state index in [2.05, 4.69) is 10.4 Å². The number of amides is 1. The fourth-order valence-corrected chi connectivity index (χ4v) is 2.16. The Morgan fingerprint density at radius 1 is 1.33 bits per heavy atom. The van der Waals surface area contributed by atoms with Gasteiger partial charge in [0.15, 0.2) is 0 Å². The molecule has 0 unspecified atom stereocenters. The third kappa shape index (κ3) is 2.35. The van der Waals surface area contributed by atoms with Crippen molar-refractivity contribution in [2.45, 2.75) is 6.92 Å². The van der Waals surface area contributed by atoms with E-state index in [0.717, 1.165) is 11.1 Å². The molecule has 0 aliphatic carbocycles. The minimum Gasteiger partial charge on any atom is -0.319 e. The van der Waals surface area contributed by atoms with E-state index in [1.54, 1.807) is 28.9 Å². The first-order valence-electron chi connectivity index (χ1n) is 6.43. The van der Waals surface area contributed by atoms with Crippen LogP contribution in [0.5, 0.6) is 0 Å². The highest BCUT2D eigenvalue weighted by Crippen LogP contribution is 2.18. The largest absolute Gasteiger partial charge is 0.319 e. The Bertz CT molecular complexity index is 873. The van der Waals surface area contributed by atoms with Crippen LogP contribution in [0.25, 0.3) is 5.52 Å². The Balaban J connectivity index is 1.95. The minimum absolute atomic E-state index is 0.247. The van der Waals surface area contributed by atoms with Crippen molar-refractivity contribution in [1.82, 2.24) is 9.61 Å². The van der Waals surface area contributed by atoms with E-state index in [9.17, 15) is 4.79 Å². The Morgan fingerprint density at radius 3 is 3.00 bits per heavy atom. The van der Waals surface area contributed by atoms with E-state index < -0.39 is 0 Å². The molecule has 0 bridgehead atoms. The van der Waals surface area contributed by atoms with E-state index in [4.69, 9.17) is 5.26 Å². The van der Waals surface area contributed by atoms with Gasteiger partial charge in [0.05, 0.1) is 29.0 Å². The highest BCUT2D eigenvalue weighted by atomic mass is 16.1. The zero-order chi connectivity index (χ0) is 14.8. The number of hydrogen-bond donors (Lipinski definition) is 1. The molecule has 0 saturated heterocycles. The highest BCUT2D eigenvalue weighted by Gasteiger charge is 2.12. The monoisotopic (exact) mass is 276 g/mol. The molecule has 5 nitrogen and oxygen atoms in total. The predicted molar refractivity (Wildman–Crippen MR) is 79.0 cm³/mol. The van der Waals surface area contributed by atoms with E-state index in [0.29, 0.717) is 16.8 Å². The smallest absolute Gasteiger partial charge is 0.256 e. The number of nitriles is 1. The molecular weight excluding hydrogens is 264 g/mol. The lowest BCUT2D eigenvalue weighted by Crippen LogP contribution is -2.13. The van der Waals surface area contributed by atoms with Gasteiger partial charge >= 0.3 is 0 Å². The fourth-order valence-electron chi connectivity index (χ4n) is 2.16. The number of aromatic nitrogens is 2. The molecule has 1 aromatic carbocycles. The number of carbonyl (C=O) groups is 1. The average molecular weight is 276 g/mol. The van der Waals surface area contributed by atoms with Crippen LogP contribution in [0, 0.1) is 18.3 Å². The lowest BCUT2D eigenvalue weighted by atomic mass is 10.0. The zero-order valence-corrected chi connectivity index (χ0v) is 11.4. The van der Waals surface area contributed by atoms with Gasteiger partial charge in [-0.25, -0.2) is 4.52 Å². The molecule has 0 atom stereocenters. The first kappa shape index (κ1) is 12.9. The molecule has 102 valence electrons. The molecule has 1 N–H and O–H groups in total. The fraction of sp³-hybridized carbons (Fsp3) is 0.0625. The second-order valence-electron chi connectivity index (χ2n) is 4.68. The molecule has 3 rings (SSSR count). The maximum absolute atomic E-state index is 12.4. The van der Waals surface area contributed by atoms with Crippen LogP contribution in [-0.2, 0) is 0 Å². The summed E-state index contributed by atoms with van der Waals surface area (Å²) < 4.78 is 1.69. The van der Waals surface area contributed by atoms with Crippen LogP contribution in [-0.4, -0.2) is 15.5 Å². The lowest BCUT2D eigenvalue weighted by molar-refractivity contribution is 0.102. The van der Waals surface area contributed by atoms with Gasteiger partial charge in [-0.05, 0) is 36.8 Å². The third-order valence-electron chi connectivity index (χ3n) is 3.29. The molecule has 21 heavy (non-hydrogen) atoms. The van der Waals surface area contributed by atoms with Gasteiger partial charge in [0.25, 0.3) is 5.91 Å². The van der Waals surface area contributed by atoms with E-state index >= 15 is 0 Å². The number of benzene rings is 1. The van der Waals surface area contributed by atoms with Gasteiger partial charge in [-0.15, -0.1) is 0 Å². The predicted octanol–water partition coefficient (Wildman–Crippen LogP) is 2.77. The number of fused-ring (bicyclic) bond motifs is 1. The maximum Gasteiger partial charge on any atom is 0.256 e. The molecule has 0 radical (unpaired) electrons. The quantitative estimate of drug-likeness (QED) is 0.782. The summed E-state index contributed by atoms with van der Waals surface area (Å²) in [7, 11) is 0. The number of carbonyl (C=O) groups excluding carboxylic acids is 1. The Labute approximate surface area is 121 Å². The molecule has 0 aliphatic heterocycles. The summed E-state index contributed by atoms with van der Waals surface area (Å²) in [5.74, 6) is -0.247. The van der Waals surface area contributed by atoms with E-state index in [1.807, 2.05) is 37.4 Å². The molecule has 0 fully saturated rings. The van der Waals surface area contributed by atoms with Crippen LogP contribution < -0.4 is 5.32 Å². The number of anilines is 1. The number of pyridine rings is 1. The number of aryl methyl sites for hydroxylation is 1. The SMILES string of the molecule is Cc1ccc(C#N)cc1C(=O)Nc1cnn2ccccc12. The number of rotatable bonds is 2. The molecule has 2 heterocycles. The second-order valence-corrected chi connectivity index (χ2v) is 4.68. The van der Waals surface area contributed by atoms with Crippen molar-refractivity contribution in [3.63, 3.8) is 0 Å². The summed E-state index contributed by atoms with van der Waals surface area (Å²) in [6.07, 6.45) is 3.42. The van der Waals surface area contributed by atoms with Gasteiger partial charge in [-0.3, -0.25) is 4.79 Å². The summed E-state index contributed by atoms with van der Waals surface area (Å²) in [6.45, 7) is 1.84. The van der Waals surface area contributed by atoms with Crippen LogP contribution in [0.2, 0.25) is 0 Å². The standard InChI is InChI=1S/C16H12N4O/c1-11-5-6-12(9-17)8-13(11)16(21)19-14-10-18-20-7-3-2-4-15(14)20/h2-8,10H,1H3,(H,19,21). The third-order valence-corrected chi connectivity index (χ3v) is 3.29. The molecular formula is C16H12N4O. The average Bonchev–Trinajstić information content (AvgIpc) is 2.91. The van der Waals surface area contributed by atoms with Crippen molar-refractivity contribution in [1.29, 1.82) is 5.26 Å². The Morgan fingerprint density at radius 2 is 2.19 bits per heavy atom. The van der Waals surface area contributed by atoms with Gasteiger partial charge in [0.2, 0.25) is 0 Å². The van der Waals surface area contributed by atoms with Crippen LogP contribution in [0.3, 0.4) is 0 Å². The van der Waals surface area contributed by atoms with Gasteiger partial charge in [-0.2, -0.15) is 10.4 Å². The van der Waals surface area contributed by atoms with Crippen LogP contribution >= 0.6 is 0 Å². The van der Waals surface area contributed by atoms with Crippen LogP contribution in [0.15, 0.2) is 48.8 Å². The van der Waals surface area contributed by atoms with Crippen molar-refractivity contribution >= 4 is 17.1 Å². The number of nitrogens with zero attached hydrogens (tertiary/aromatic N) is 3. The van der Waals surface area contributed by atoms with E-state index in [1.165, 1.54) is 0 Å². The molecule has 5 heteroatoms. The van der Waals surface area contributed by atoms with Crippen LogP contribution in [0.1, 0.15) is 21.5 Å². The molecule has 2 aromatic heterocycles. The normalized spacial score (nSPS) is 10.3. The van der Waals surface area contributed by atoms with Gasteiger partial charge in [0, 0.05) is 11.8 Å². The number of hydrogen-bond acceptors (Lipinski definition) is 3. The van der Waals surface area contributed by atoms with Crippen molar-refractivity contribution in [3.8, 4) is 6.07 Å². The molecule has 0 saturated carbocycles. The Hall–Kier alpha value is -3.13.